The number of amides is 2. The molecule has 47 heavy (non-hydrogen) atoms. The summed E-state index contributed by atoms with van der Waals surface area (Å²) in [5.41, 5.74) is 3.27. The molecule has 3 heterocycles. The van der Waals surface area contributed by atoms with Crippen LogP contribution in [0, 0.1) is 0 Å². The lowest BCUT2D eigenvalue weighted by Gasteiger charge is -2.39. The molecular formula is C36H42N4O7. The van der Waals surface area contributed by atoms with Gasteiger partial charge in [0.1, 0.15) is 17.2 Å². The van der Waals surface area contributed by atoms with Gasteiger partial charge >= 0.3 is 0 Å². The number of hydrogen-bond donors (Lipinski definition) is 2. The van der Waals surface area contributed by atoms with Crippen LogP contribution in [-0.2, 0) is 27.4 Å². The smallest absolute Gasteiger partial charge is 0.270 e. The number of H-pyrrole nitrogens is 1. The quantitative estimate of drug-likeness (QED) is 0.278. The number of carbonyl (C=O) groups is 2. The molecule has 4 bridgehead atoms. The molecule has 0 spiro atoms. The van der Waals surface area contributed by atoms with E-state index in [1.807, 2.05) is 66.7 Å². The molecule has 0 radical (unpaired) electrons. The second kappa shape index (κ2) is 14.9. The summed E-state index contributed by atoms with van der Waals surface area (Å²) >= 11 is 0. The van der Waals surface area contributed by atoms with E-state index in [0.717, 1.165) is 34.2 Å². The Bertz CT molecular complexity index is 1710. The van der Waals surface area contributed by atoms with Gasteiger partial charge in [-0.1, -0.05) is 18.2 Å². The number of nitrogens with one attached hydrogen (secondary N) is 2. The highest BCUT2D eigenvalue weighted by Gasteiger charge is 2.34. The van der Waals surface area contributed by atoms with Crippen LogP contribution in [0.3, 0.4) is 0 Å². The van der Waals surface area contributed by atoms with E-state index in [0.29, 0.717) is 68.8 Å². The first-order valence-corrected chi connectivity index (χ1v) is 15.9. The summed E-state index contributed by atoms with van der Waals surface area (Å²) < 4.78 is 29.0. The van der Waals surface area contributed by atoms with Crippen LogP contribution in [0.25, 0.3) is 10.9 Å². The largest absolute Gasteiger partial charge is 0.497 e. The lowest BCUT2D eigenvalue weighted by atomic mass is 10.0. The molecular weight excluding hydrogens is 600 g/mol. The van der Waals surface area contributed by atoms with Crippen LogP contribution in [0.2, 0.25) is 0 Å². The number of rotatable bonds is 7. The Morgan fingerprint density at radius 2 is 1.87 bits per heavy atom. The van der Waals surface area contributed by atoms with Crippen LogP contribution in [0.4, 0.5) is 0 Å². The molecule has 2 atom stereocenters. The van der Waals surface area contributed by atoms with Crippen LogP contribution in [0.15, 0.2) is 66.7 Å². The van der Waals surface area contributed by atoms with Crippen molar-refractivity contribution in [3.05, 3.63) is 83.6 Å². The topological polar surface area (TPSA) is 115 Å². The fourth-order valence-electron chi connectivity index (χ4n) is 6.26. The van der Waals surface area contributed by atoms with Crippen molar-refractivity contribution in [2.75, 3.05) is 54.1 Å². The number of aromatic amines is 1. The van der Waals surface area contributed by atoms with Crippen LogP contribution >= 0.6 is 0 Å². The molecule has 11 heteroatoms. The summed E-state index contributed by atoms with van der Waals surface area (Å²) in [6, 6.07) is 20.7. The van der Waals surface area contributed by atoms with Gasteiger partial charge in [0.2, 0.25) is 5.91 Å². The summed E-state index contributed by atoms with van der Waals surface area (Å²) in [6.45, 7) is 3.08. The summed E-state index contributed by atoms with van der Waals surface area (Å²) in [4.78, 5) is 34.5. The number of ether oxygens (including phenoxy) is 5. The first-order valence-electron chi connectivity index (χ1n) is 15.9. The lowest BCUT2D eigenvalue weighted by Crippen LogP contribution is -2.58. The predicted molar refractivity (Wildman–Crippen MR) is 177 cm³/mol. The molecule has 11 nitrogen and oxygen atoms in total. The Morgan fingerprint density at radius 1 is 0.979 bits per heavy atom. The molecule has 6 rings (SSSR count). The maximum absolute atomic E-state index is 13.7. The van der Waals surface area contributed by atoms with Crippen molar-refractivity contribution in [1.29, 1.82) is 0 Å². The van der Waals surface area contributed by atoms with Gasteiger partial charge in [-0.25, -0.2) is 0 Å². The normalized spacial score (nSPS) is 19.0. The summed E-state index contributed by atoms with van der Waals surface area (Å²) in [5.74, 6) is 2.36. The van der Waals surface area contributed by atoms with Gasteiger partial charge in [-0.3, -0.25) is 14.5 Å². The summed E-state index contributed by atoms with van der Waals surface area (Å²) in [7, 11) is 4.91. The molecule has 4 aromatic rings. The zero-order valence-electron chi connectivity index (χ0n) is 27.1. The molecule has 2 amide bonds. The maximum Gasteiger partial charge on any atom is 0.270 e. The Hall–Kier alpha value is -4.58. The van der Waals surface area contributed by atoms with E-state index in [1.54, 1.807) is 26.2 Å². The van der Waals surface area contributed by atoms with Crippen molar-refractivity contribution >= 4 is 22.7 Å². The summed E-state index contributed by atoms with van der Waals surface area (Å²) in [5, 5.41) is 4.12. The van der Waals surface area contributed by atoms with E-state index in [9.17, 15) is 9.59 Å². The molecule has 0 unspecified atom stereocenters. The first kappa shape index (κ1) is 32.4. The molecule has 1 aromatic heterocycles. The molecule has 1 saturated heterocycles. The van der Waals surface area contributed by atoms with Gasteiger partial charge in [0, 0.05) is 50.8 Å². The van der Waals surface area contributed by atoms with Gasteiger partial charge in [-0.05, 0) is 72.5 Å². The van der Waals surface area contributed by atoms with Crippen molar-refractivity contribution in [1.82, 2.24) is 20.1 Å². The van der Waals surface area contributed by atoms with Gasteiger partial charge in [0.15, 0.2) is 11.5 Å². The number of aromatic nitrogens is 1. The third-order valence-corrected chi connectivity index (χ3v) is 8.66. The monoisotopic (exact) mass is 642 g/mol. The predicted octanol–water partition coefficient (Wildman–Crippen LogP) is 4.75. The molecule has 248 valence electrons. The third kappa shape index (κ3) is 7.87. The van der Waals surface area contributed by atoms with E-state index in [1.165, 1.54) is 0 Å². The first-order chi connectivity index (χ1) is 22.9. The van der Waals surface area contributed by atoms with Gasteiger partial charge in [-0.15, -0.1) is 0 Å². The van der Waals surface area contributed by atoms with Crippen LogP contribution in [0.5, 0.6) is 23.0 Å². The number of likely N-dealkylation sites (tertiary alicyclic amines) is 1. The molecule has 2 aliphatic heterocycles. The van der Waals surface area contributed by atoms with Crippen molar-refractivity contribution in [2.45, 2.75) is 38.1 Å². The average molecular weight is 643 g/mol. The number of methoxy groups -OCH3 is 3. The standard InChI is InChI=1S/C36H42N4O7/c1-43-15-5-13-39-20-24-8-11-33(45-3)34(17-24)47-28-7-4-6-25(16-28)23-46-32-12-14-40(21-31(32)38-35(41)22-39)36(42)30-19-26-18-27(44-2)9-10-29(26)37-30/h4,6-11,16-19,31-32,37H,5,12-15,20-23H2,1-3H3,(H,38,41)/t31-,32+/m0/s1. The molecule has 2 aliphatic rings. The Kier molecular flexibility index (Phi) is 10.3. The number of hydrogen-bond acceptors (Lipinski definition) is 8. The van der Waals surface area contributed by atoms with Crippen molar-refractivity contribution in [3.8, 4) is 23.0 Å². The van der Waals surface area contributed by atoms with Gasteiger partial charge in [0.25, 0.3) is 5.91 Å². The second-order valence-corrected chi connectivity index (χ2v) is 12.0. The Morgan fingerprint density at radius 3 is 2.70 bits per heavy atom. The zero-order chi connectivity index (χ0) is 32.8. The number of fused-ring (bicyclic) bond motifs is 6. The SMILES string of the molecule is COCCCN1CC(=O)N[C@H]2CN(C(=O)c3cc4cc(OC)ccc4[nH]3)CC[C@H]2OCc2cccc(c2)Oc2cc(ccc2OC)C1. The molecule has 0 saturated carbocycles. The second-order valence-electron chi connectivity index (χ2n) is 12.0. The lowest BCUT2D eigenvalue weighted by molar-refractivity contribution is -0.125. The molecule has 2 N–H and O–H groups in total. The maximum atomic E-state index is 13.7. The van der Waals surface area contributed by atoms with E-state index in [4.69, 9.17) is 23.7 Å². The Labute approximate surface area is 274 Å². The van der Waals surface area contributed by atoms with E-state index >= 15 is 0 Å². The fourth-order valence-corrected chi connectivity index (χ4v) is 6.26. The third-order valence-electron chi connectivity index (χ3n) is 8.66. The van der Waals surface area contributed by atoms with Crippen molar-refractivity contribution in [2.24, 2.45) is 0 Å². The highest BCUT2D eigenvalue weighted by atomic mass is 16.5. The fraction of sp³-hybridized carbons (Fsp3) is 0.389. The molecule has 3 aromatic carbocycles. The van der Waals surface area contributed by atoms with E-state index in [-0.39, 0.29) is 24.5 Å². The number of carbonyl (C=O) groups excluding carboxylic acids is 2. The minimum absolute atomic E-state index is 0.124. The van der Waals surface area contributed by atoms with Gasteiger partial charge in [0.05, 0.1) is 39.5 Å². The number of nitrogens with zero attached hydrogens (tertiary/aromatic N) is 2. The minimum atomic E-state index is -0.398. The highest BCUT2D eigenvalue weighted by Crippen LogP contribution is 2.33. The van der Waals surface area contributed by atoms with Crippen molar-refractivity contribution < 1.29 is 33.3 Å². The van der Waals surface area contributed by atoms with Crippen LogP contribution in [0.1, 0.15) is 34.5 Å². The van der Waals surface area contributed by atoms with E-state index < -0.39 is 6.04 Å². The minimum Gasteiger partial charge on any atom is -0.497 e. The molecule has 1 fully saturated rings. The number of benzene rings is 3. The summed E-state index contributed by atoms with van der Waals surface area (Å²) in [6.07, 6.45) is 1.05. The zero-order valence-corrected chi connectivity index (χ0v) is 27.1. The Balaban J connectivity index is 1.25. The van der Waals surface area contributed by atoms with Crippen LogP contribution in [-0.4, -0.2) is 92.9 Å². The number of piperidine rings is 1. The van der Waals surface area contributed by atoms with E-state index in [2.05, 4.69) is 15.2 Å². The van der Waals surface area contributed by atoms with Gasteiger partial charge in [-0.2, -0.15) is 0 Å². The molecule has 0 aliphatic carbocycles. The van der Waals surface area contributed by atoms with Crippen molar-refractivity contribution in [3.63, 3.8) is 0 Å². The van der Waals surface area contributed by atoms with Crippen LogP contribution < -0.4 is 19.5 Å². The average Bonchev–Trinajstić information content (AvgIpc) is 3.51. The van der Waals surface area contributed by atoms with Gasteiger partial charge < -0.3 is 38.9 Å². The highest BCUT2D eigenvalue weighted by molar-refractivity contribution is 5.98.